The van der Waals surface area contributed by atoms with Crippen molar-refractivity contribution < 1.29 is 24.5 Å². The van der Waals surface area contributed by atoms with Crippen LogP contribution in [0.4, 0.5) is 0 Å². The minimum absolute atomic E-state index is 0.0134. The Kier molecular flexibility index (Phi) is 5.65. The van der Waals surface area contributed by atoms with Crippen LogP contribution in [0.5, 0.6) is 0 Å². The summed E-state index contributed by atoms with van der Waals surface area (Å²) in [5.41, 5.74) is -0.212. The molecule has 10 unspecified atom stereocenters. The van der Waals surface area contributed by atoms with Gasteiger partial charge in [-0.2, -0.15) is 0 Å². The quantitative estimate of drug-likeness (QED) is 0.501. The summed E-state index contributed by atoms with van der Waals surface area (Å²) in [6.07, 6.45) is 6.43. The van der Waals surface area contributed by atoms with Crippen molar-refractivity contribution >= 4 is 21.9 Å². The van der Waals surface area contributed by atoms with Gasteiger partial charge in [-0.25, -0.2) is 0 Å². The van der Waals surface area contributed by atoms with E-state index in [1.54, 1.807) is 7.11 Å². The molecule has 0 aromatic carbocycles. The fourth-order valence-electron chi connectivity index (χ4n) is 7.80. The smallest absolute Gasteiger partial charge is 0.302 e. The van der Waals surface area contributed by atoms with Crippen LogP contribution >= 0.6 is 15.9 Å². The predicted octanol–water partition coefficient (Wildman–Crippen LogP) is 3.29. The molecule has 0 aromatic heterocycles. The van der Waals surface area contributed by atoms with E-state index in [0.717, 1.165) is 44.9 Å². The summed E-state index contributed by atoms with van der Waals surface area (Å²) in [6.45, 7) is 3.89. The average molecular weight is 459 g/mol. The first-order valence-corrected chi connectivity index (χ1v) is 11.8. The van der Waals surface area contributed by atoms with Crippen LogP contribution in [0.2, 0.25) is 0 Å². The fourth-order valence-corrected chi connectivity index (χ4v) is 8.83. The van der Waals surface area contributed by atoms with Crippen LogP contribution in [0.25, 0.3) is 0 Å². The molecule has 10 atom stereocenters. The van der Waals surface area contributed by atoms with Crippen molar-refractivity contribution in [1.29, 1.82) is 0 Å². The van der Waals surface area contributed by atoms with E-state index in [2.05, 4.69) is 22.9 Å². The lowest BCUT2D eigenvalue weighted by atomic mass is 9.44. The molecule has 4 fully saturated rings. The molecular weight excluding hydrogens is 424 g/mol. The van der Waals surface area contributed by atoms with Crippen LogP contribution < -0.4 is 0 Å². The number of ether oxygens (including phenoxy) is 2. The molecule has 4 aliphatic carbocycles. The third-order valence-electron chi connectivity index (χ3n) is 9.19. The monoisotopic (exact) mass is 458 g/mol. The number of carbonyl (C=O) groups excluding carboxylic acids is 1. The van der Waals surface area contributed by atoms with E-state index in [1.165, 1.54) is 6.92 Å². The number of carbonyl (C=O) groups is 1. The Labute approximate surface area is 176 Å². The first kappa shape index (κ1) is 21.1. The number of fused-ring (bicyclic) bond motifs is 5. The highest BCUT2D eigenvalue weighted by molar-refractivity contribution is 9.09. The minimum atomic E-state index is -0.436. The van der Waals surface area contributed by atoms with Crippen LogP contribution in [0.15, 0.2) is 0 Å². The van der Waals surface area contributed by atoms with Gasteiger partial charge in [0.15, 0.2) is 0 Å². The van der Waals surface area contributed by atoms with E-state index in [0.29, 0.717) is 17.9 Å². The molecule has 28 heavy (non-hydrogen) atoms. The van der Waals surface area contributed by atoms with Crippen molar-refractivity contribution in [2.45, 2.75) is 81.9 Å². The molecule has 0 aromatic rings. The summed E-state index contributed by atoms with van der Waals surface area (Å²) in [5, 5.41) is 21.8. The Morgan fingerprint density at radius 1 is 1.18 bits per heavy atom. The number of halogens is 1. The third kappa shape index (κ3) is 3.00. The van der Waals surface area contributed by atoms with Gasteiger partial charge < -0.3 is 19.7 Å². The summed E-state index contributed by atoms with van der Waals surface area (Å²) >= 11 is 3.75. The molecule has 0 saturated heterocycles. The number of hydrogen-bond acceptors (Lipinski definition) is 5. The minimum Gasteiger partial charge on any atom is -0.461 e. The maximum atomic E-state index is 11.7. The molecular formula is C22H35BrO5. The van der Waals surface area contributed by atoms with Gasteiger partial charge in [0.1, 0.15) is 6.10 Å². The molecule has 160 valence electrons. The zero-order valence-corrected chi connectivity index (χ0v) is 18.9. The SMILES string of the molecule is COC1CCC2(C)C(C1)CC(O)C1C2CCC2(CO)C1CC(Br)C2OC(C)=O. The Morgan fingerprint density at radius 3 is 2.57 bits per heavy atom. The normalized spacial score (nSPS) is 53.1. The van der Waals surface area contributed by atoms with Gasteiger partial charge in [0.05, 0.1) is 23.6 Å². The van der Waals surface area contributed by atoms with Crippen molar-refractivity contribution in [3.63, 3.8) is 0 Å². The maximum absolute atomic E-state index is 11.7. The first-order valence-electron chi connectivity index (χ1n) is 10.9. The third-order valence-corrected chi connectivity index (χ3v) is 10.0. The number of esters is 1. The van der Waals surface area contributed by atoms with Gasteiger partial charge in [-0.05, 0) is 74.0 Å². The lowest BCUT2D eigenvalue weighted by Crippen LogP contribution is -2.60. The zero-order chi connectivity index (χ0) is 20.3. The Hall–Kier alpha value is -0.170. The van der Waals surface area contributed by atoms with E-state index in [9.17, 15) is 15.0 Å². The van der Waals surface area contributed by atoms with E-state index in [4.69, 9.17) is 9.47 Å². The van der Waals surface area contributed by atoms with Gasteiger partial charge >= 0.3 is 5.97 Å². The standard InChI is InChI=1S/C22H35BrO5/c1-12(25)28-20-17(23)10-16-19-15(5-7-22(16,20)11-24)21(2)6-4-14(27-3)8-13(21)9-18(19)26/h13-20,24,26H,4-11H2,1-3H3. The second-order valence-corrected chi connectivity index (χ2v) is 11.3. The predicted molar refractivity (Wildman–Crippen MR) is 109 cm³/mol. The van der Waals surface area contributed by atoms with Gasteiger partial charge in [-0.3, -0.25) is 4.79 Å². The topological polar surface area (TPSA) is 76.0 Å². The Bertz CT molecular complexity index is 614. The lowest BCUT2D eigenvalue weighted by Gasteiger charge is -2.62. The van der Waals surface area contributed by atoms with Gasteiger partial charge in [-0.1, -0.05) is 22.9 Å². The lowest BCUT2D eigenvalue weighted by molar-refractivity contribution is -0.195. The highest BCUT2D eigenvalue weighted by Gasteiger charge is 2.66. The molecule has 0 spiro atoms. The van der Waals surface area contributed by atoms with Crippen molar-refractivity contribution in [3.05, 3.63) is 0 Å². The van der Waals surface area contributed by atoms with Crippen LogP contribution in [0.1, 0.15) is 58.8 Å². The van der Waals surface area contributed by atoms with E-state index in [-0.39, 0.29) is 46.9 Å². The van der Waals surface area contributed by atoms with Crippen LogP contribution in [-0.4, -0.2) is 53.0 Å². The number of alkyl halides is 1. The molecule has 0 bridgehead atoms. The van der Waals surface area contributed by atoms with Crippen LogP contribution in [0, 0.1) is 34.5 Å². The molecule has 0 heterocycles. The van der Waals surface area contributed by atoms with Gasteiger partial charge in [0.25, 0.3) is 0 Å². The maximum Gasteiger partial charge on any atom is 0.302 e. The van der Waals surface area contributed by atoms with E-state index in [1.807, 2.05) is 0 Å². The second-order valence-electron chi connectivity index (χ2n) is 10.1. The molecule has 5 nitrogen and oxygen atoms in total. The highest BCUT2D eigenvalue weighted by Crippen LogP contribution is 2.67. The number of aliphatic hydroxyl groups is 2. The van der Waals surface area contributed by atoms with E-state index >= 15 is 0 Å². The molecule has 0 radical (unpaired) electrons. The molecule has 6 heteroatoms. The van der Waals surface area contributed by atoms with Crippen LogP contribution in [0.3, 0.4) is 0 Å². The van der Waals surface area contributed by atoms with Crippen molar-refractivity contribution in [2.75, 3.05) is 13.7 Å². The highest BCUT2D eigenvalue weighted by atomic mass is 79.9. The molecule has 0 aliphatic heterocycles. The van der Waals surface area contributed by atoms with Crippen molar-refractivity contribution in [1.82, 2.24) is 0 Å². The largest absolute Gasteiger partial charge is 0.461 e. The number of rotatable bonds is 3. The van der Waals surface area contributed by atoms with Crippen molar-refractivity contribution in [2.24, 2.45) is 34.5 Å². The Morgan fingerprint density at radius 2 is 1.93 bits per heavy atom. The average Bonchev–Trinajstić information content (AvgIpc) is 2.94. The zero-order valence-electron chi connectivity index (χ0n) is 17.3. The second kappa shape index (κ2) is 7.51. The summed E-state index contributed by atoms with van der Waals surface area (Å²) in [6, 6.07) is 0. The molecule has 4 aliphatic rings. The number of methoxy groups -OCH3 is 1. The first-order chi connectivity index (χ1) is 13.3. The molecule has 4 rings (SSSR count). The number of hydrogen-bond donors (Lipinski definition) is 2. The van der Waals surface area contributed by atoms with Gasteiger partial charge in [0, 0.05) is 19.4 Å². The fraction of sp³-hybridized carbons (Fsp3) is 0.955. The molecule has 0 amide bonds. The Balaban J connectivity index is 1.65. The van der Waals surface area contributed by atoms with Gasteiger partial charge in [-0.15, -0.1) is 0 Å². The van der Waals surface area contributed by atoms with Crippen LogP contribution in [-0.2, 0) is 14.3 Å². The summed E-state index contributed by atoms with van der Waals surface area (Å²) in [7, 11) is 1.80. The number of aliphatic hydroxyl groups excluding tert-OH is 2. The van der Waals surface area contributed by atoms with Gasteiger partial charge in [0.2, 0.25) is 0 Å². The summed E-state index contributed by atoms with van der Waals surface area (Å²) < 4.78 is 11.4. The molecule has 2 N–H and O–H groups in total. The van der Waals surface area contributed by atoms with E-state index < -0.39 is 5.41 Å². The summed E-state index contributed by atoms with van der Waals surface area (Å²) in [4.78, 5) is 11.8. The van der Waals surface area contributed by atoms with Crippen molar-refractivity contribution in [3.8, 4) is 0 Å². The molecule has 4 saturated carbocycles. The summed E-state index contributed by atoms with van der Waals surface area (Å²) in [5.74, 6) is 1.01.